The van der Waals surface area contributed by atoms with E-state index < -0.39 is 30.8 Å². The fourth-order valence-corrected chi connectivity index (χ4v) is 2.49. The van der Waals surface area contributed by atoms with E-state index in [1.54, 1.807) is 6.92 Å². The van der Waals surface area contributed by atoms with Crippen molar-refractivity contribution in [3.63, 3.8) is 0 Å². The van der Waals surface area contributed by atoms with Gasteiger partial charge in [0, 0.05) is 13.1 Å². The average Bonchev–Trinajstić information content (AvgIpc) is 2.33. The molecule has 0 saturated carbocycles. The van der Waals surface area contributed by atoms with Gasteiger partial charge in [-0.05, 0) is 25.7 Å². The first-order valence-corrected chi connectivity index (χ1v) is 6.52. The fourth-order valence-electron chi connectivity index (χ4n) is 2.49. The predicted molar refractivity (Wildman–Crippen MR) is 65.2 cm³/mol. The summed E-state index contributed by atoms with van der Waals surface area (Å²) in [5.41, 5.74) is 0. The lowest BCUT2D eigenvalue weighted by atomic mass is 9.91. The molecule has 20 heavy (non-hydrogen) atoms. The first-order valence-electron chi connectivity index (χ1n) is 6.52. The van der Waals surface area contributed by atoms with Crippen molar-refractivity contribution >= 4 is 12.0 Å². The van der Waals surface area contributed by atoms with Crippen LogP contribution in [0.4, 0.5) is 18.0 Å². The maximum Gasteiger partial charge on any atom is 0.406 e. The molecule has 5 nitrogen and oxygen atoms in total. The van der Waals surface area contributed by atoms with E-state index in [1.165, 1.54) is 6.92 Å². The van der Waals surface area contributed by atoms with Crippen LogP contribution < -0.4 is 0 Å². The van der Waals surface area contributed by atoms with Gasteiger partial charge >= 0.3 is 18.2 Å². The summed E-state index contributed by atoms with van der Waals surface area (Å²) in [4.78, 5) is 25.1. The van der Waals surface area contributed by atoms with Gasteiger partial charge in [0.15, 0.2) is 0 Å². The van der Waals surface area contributed by atoms with Gasteiger partial charge in [-0.3, -0.25) is 0 Å². The fraction of sp³-hybridized carbons (Fsp3) is 0.833. The minimum absolute atomic E-state index is 0.116. The molecule has 116 valence electrons. The molecule has 1 saturated heterocycles. The summed E-state index contributed by atoms with van der Waals surface area (Å²) in [5, 5.41) is 9.18. The Labute approximate surface area is 115 Å². The Morgan fingerprint density at radius 1 is 1.40 bits per heavy atom. The number of likely N-dealkylation sites (tertiary alicyclic amines) is 1. The highest BCUT2D eigenvalue weighted by Crippen LogP contribution is 2.26. The molecule has 1 aliphatic heterocycles. The van der Waals surface area contributed by atoms with Gasteiger partial charge in [-0.25, -0.2) is 9.59 Å². The van der Waals surface area contributed by atoms with Crippen LogP contribution in [0.1, 0.15) is 26.7 Å². The molecule has 1 aliphatic rings. The zero-order chi connectivity index (χ0) is 15.5. The number of halogens is 3. The largest absolute Gasteiger partial charge is 0.480 e. The number of rotatable bonds is 3. The van der Waals surface area contributed by atoms with Crippen molar-refractivity contribution < 1.29 is 27.9 Å². The number of nitrogens with zero attached hydrogens (tertiary/aromatic N) is 2. The molecule has 0 aromatic heterocycles. The Kier molecular flexibility index (Phi) is 5.24. The van der Waals surface area contributed by atoms with Gasteiger partial charge in [0.25, 0.3) is 0 Å². The number of hydrogen-bond acceptors (Lipinski definition) is 2. The number of urea groups is 1. The van der Waals surface area contributed by atoms with E-state index in [2.05, 4.69) is 0 Å². The maximum atomic E-state index is 12.4. The summed E-state index contributed by atoms with van der Waals surface area (Å²) in [5.74, 6) is -1.44. The number of carboxylic acids is 1. The topological polar surface area (TPSA) is 60.9 Å². The number of carbonyl (C=O) groups excluding carboxylic acids is 1. The smallest absolute Gasteiger partial charge is 0.406 e. The van der Waals surface area contributed by atoms with E-state index in [-0.39, 0.29) is 19.0 Å². The lowest BCUT2D eigenvalue weighted by Gasteiger charge is -2.40. The van der Waals surface area contributed by atoms with E-state index in [4.69, 9.17) is 0 Å². The number of carboxylic acid groups (broad SMARTS) is 1. The Morgan fingerprint density at radius 3 is 2.45 bits per heavy atom. The molecule has 2 amide bonds. The summed E-state index contributed by atoms with van der Waals surface area (Å²) < 4.78 is 37.3. The van der Waals surface area contributed by atoms with Gasteiger partial charge in [0.05, 0.1) is 0 Å². The molecule has 1 N–H and O–H groups in total. The molecule has 8 heteroatoms. The monoisotopic (exact) mass is 296 g/mol. The van der Waals surface area contributed by atoms with Gasteiger partial charge in [-0.2, -0.15) is 13.2 Å². The highest BCUT2D eigenvalue weighted by molar-refractivity contribution is 5.83. The van der Waals surface area contributed by atoms with Crippen LogP contribution in [0.5, 0.6) is 0 Å². The van der Waals surface area contributed by atoms with Crippen LogP contribution in [0, 0.1) is 5.92 Å². The molecule has 1 heterocycles. The summed E-state index contributed by atoms with van der Waals surface area (Å²) >= 11 is 0. The summed E-state index contributed by atoms with van der Waals surface area (Å²) in [6.45, 7) is 1.83. The highest BCUT2D eigenvalue weighted by atomic mass is 19.4. The molecule has 0 aliphatic carbocycles. The lowest BCUT2D eigenvalue weighted by Crippen LogP contribution is -2.57. The number of alkyl halides is 3. The molecule has 1 fully saturated rings. The number of aliphatic carboxylic acids is 1. The second-order valence-electron chi connectivity index (χ2n) is 5.01. The van der Waals surface area contributed by atoms with Gasteiger partial charge in [0.1, 0.15) is 12.6 Å². The Hall–Kier alpha value is -1.47. The molecule has 0 radical (unpaired) electrons. The molecule has 2 unspecified atom stereocenters. The van der Waals surface area contributed by atoms with Crippen molar-refractivity contribution in [2.75, 3.05) is 19.6 Å². The first-order chi connectivity index (χ1) is 9.17. The van der Waals surface area contributed by atoms with Crippen LogP contribution >= 0.6 is 0 Å². The quantitative estimate of drug-likeness (QED) is 0.868. The van der Waals surface area contributed by atoms with Gasteiger partial charge < -0.3 is 14.9 Å². The highest BCUT2D eigenvalue weighted by Gasteiger charge is 2.41. The number of carbonyl (C=O) groups is 2. The van der Waals surface area contributed by atoms with E-state index in [0.717, 1.165) is 4.90 Å². The zero-order valence-corrected chi connectivity index (χ0v) is 11.5. The van der Waals surface area contributed by atoms with Crippen LogP contribution in [-0.2, 0) is 4.79 Å². The first kappa shape index (κ1) is 16.6. The number of piperidine rings is 1. The zero-order valence-electron chi connectivity index (χ0n) is 11.5. The number of amides is 2. The SMILES string of the molecule is CCN(CC(F)(F)F)C(=O)N1CCCC(C)C1C(=O)O. The molecule has 2 atom stereocenters. The number of hydrogen-bond donors (Lipinski definition) is 1. The second-order valence-corrected chi connectivity index (χ2v) is 5.01. The molecule has 0 bridgehead atoms. The van der Waals surface area contributed by atoms with Crippen molar-refractivity contribution in [1.82, 2.24) is 9.80 Å². The van der Waals surface area contributed by atoms with Crippen molar-refractivity contribution in [3.05, 3.63) is 0 Å². The third-order valence-corrected chi connectivity index (χ3v) is 3.45. The van der Waals surface area contributed by atoms with Crippen LogP contribution in [0.25, 0.3) is 0 Å². The van der Waals surface area contributed by atoms with Crippen molar-refractivity contribution in [3.8, 4) is 0 Å². The van der Waals surface area contributed by atoms with E-state index >= 15 is 0 Å². The van der Waals surface area contributed by atoms with Crippen LogP contribution in [0.3, 0.4) is 0 Å². The van der Waals surface area contributed by atoms with E-state index in [0.29, 0.717) is 17.7 Å². The molecule has 0 spiro atoms. The Bertz CT molecular complexity index is 373. The molecular formula is C12H19F3N2O3. The molecular weight excluding hydrogens is 277 g/mol. The molecule has 1 rings (SSSR count). The predicted octanol–water partition coefficient (Wildman–Crippen LogP) is 2.18. The standard InChI is InChI=1S/C12H19F3N2O3/c1-3-16(7-12(13,14)15)11(20)17-6-4-5-8(2)9(17)10(18)19/h8-9H,3-7H2,1-2H3,(H,18,19). The molecule has 0 aromatic rings. The molecule has 0 aromatic carbocycles. The second kappa shape index (κ2) is 6.32. The normalized spacial score (nSPS) is 23.6. The third kappa shape index (κ3) is 4.01. The van der Waals surface area contributed by atoms with E-state index in [1.807, 2.05) is 0 Å². The summed E-state index contributed by atoms with van der Waals surface area (Å²) in [7, 11) is 0. The minimum atomic E-state index is -4.49. The Morgan fingerprint density at radius 2 is 2.00 bits per heavy atom. The third-order valence-electron chi connectivity index (χ3n) is 3.45. The van der Waals surface area contributed by atoms with Gasteiger partial charge in [-0.1, -0.05) is 6.92 Å². The van der Waals surface area contributed by atoms with Crippen LogP contribution in [0.2, 0.25) is 0 Å². The van der Waals surface area contributed by atoms with Crippen molar-refractivity contribution in [2.24, 2.45) is 5.92 Å². The van der Waals surface area contributed by atoms with Crippen LogP contribution in [0.15, 0.2) is 0 Å². The summed E-state index contributed by atoms with van der Waals surface area (Å²) in [6.07, 6.45) is -3.25. The van der Waals surface area contributed by atoms with Gasteiger partial charge in [-0.15, -0.1) is 0 Å². The van der Waals surface area contributed by atoms with Crippen LogP contribution in [-0.4, -0.2) is 58.8 Å². The maximum absolute atomic E-state index is 12.4. The van der Waals surface area contributed by atoms with Crippen molar-refractivity contribution in [2.45, 2.75) is 38.9 Å². The lowest BCUT2D eigenvalue weighted by molar-refractivity contribution is -0.147. The van der Waals surface area contributed by atoms with Gasteiger partial charge in [0.2, 0.25) is 0 Å². The summed E-state index contributed by atoms with van der Waals surface area (Å²) in [6, 6.07) is -1.91. The van der Waals surface area contributed by atoms with E-state index in [9.17, 15) is 27.9 Å². The average molecular weight is 296 g/mol. The minimum Gasteiger partial charge on any atom is -0.480 e. The Balaban J connectivity index is 2.88. The van der Waals surface area contributed by atoms with Crippen molar-refractivity contribution in [1.29, 1.82) is 0 Å².